The molecule has 0 aliphatic carbocycles. The van der Waals surface area contributed by atoms with Gasteiger partial charge in [-0.3, -0.25) is 9.48 Å². The van der Waals surface area contributed by atoms with Gasteiger partial charge in [0.1, 0.15) is 11.5 Å². The van der Waals surface area contributed by atoms with Crippen LogP contribution in [0.3, 0.4) is 0 Å². The smallest absolute Gasteiger partial charge is 0.274 e. The van der Waals surface area contributed by atoms with E-state index in [1.54, 1.807) is 22.9 Å². The lowest BCUT2D eigenvalue weighted by atomic mass is 10.0. The largest absolute Gasteiger partial charge is 0.330 e. The standard InChI is InChI=1S/C16H18FN3O/c1-2-19-11-9-14(18-19)16(21)20-10-3-4-15(20)12-5-7-13(17)8-6-12/h5-9,11,15H,2-4,10H2,1H3/t15-/m1/s1. The molecule has 5 heteroatoms. The van der Waals surface area contributed by atoms with Gasteiger partial charge in [-0.25, -0.2) is 4.39 Å². The number of hydrogen-bond donors (Lipinski definition) is 0. The molecule has 3 rings (SSSR count). The fourth-order valence-electron chi connectivity index (χ4n) is 2.84. The first-order valence-corrected chi connectivity index (χ1v) is 7.29. The predicted octanol–water partition coefficient (Wildman–Crippen LogP) is 3.02. The van der Waals surface area contributed by atoms with Gasteiger partial charge in [0, 0.05) is 19.3 Å². The molecular weight excluding hydrogens is 269 g/mol. The molecule has 4 nitrogen and oxygen atoms in total. The molecule has 0 unspecified atom stereocenters. The topological polar surface area (TPSA) is 38.1 Å². The third kappa shape index (κ3) is 2.68. The summed E-state index contributed by atoms with van der Waals surface area (Å²) in [5.74, 6) is -0.301. The molecule has 1 atom stereocenters. The minimum Gasteiger partial charge on any atom is -0.330 e. The number of likely N-dealkylation sites (tertiary alicyclic amines) is 1. The average Bonchev–Trinajstić information content (AvgIpc) is 3.16. The lowest BCUT2D eigenvalue weighted by molar-refractivity contribution is 0.0728. The van der Waals surface area contributed by atoms with Crippen molar-refractivity contribution in [2.45, 2.75) is 32.4 Å². The molecule has 0 spiro atoms. The van der Waals surface area contributed by atoms with Crippen molar-refractivity contribution >= 4 is 5.91 Å². The summed E-state index contributed by atoms with van der Waals surface area (Å²) in [6, 6.07) is 8.19. The molecule has 2 aromatic rings. The number of amides is 1. The van der Waals surface area contributed by atoms with Gasteiger partial charge < -0.3 is 4.90 Å². The molecule has 1 fully saturated rings. The lowest BCUT2D eigenvalue weighted by Gasteiger charge is -2.24. The predicted molar refractivity (Wildman–Crippen MR) is 77.3 cm³/mol. The number of halogens is 1. The highest BCUT2D eigenvalue weighted by molar-refractivity contribution is 5.92. The van der Waals surface area contributed by atoms with Crippen LogP contribution in [-0.4, -0.2) is 27.1 Å². The van der Waals surface area contributed by atoms with Crippen LogP contribution in [-0.2, 0) is 6.54 Å². The quantitative estimate of drug-likeness (QED) is 0.870. The average molecular weight is 287 g/mol. The maximum atomic E-state index is 13.0. The van der Waals surface area contributed by atoms with E-state index in [0.29, 0.717) is 5.69 Å². The molecule has 1 aromatic heterocycles. The molecule has 1 aliphatic heterocycles. The Labute approximate surface area is 123 Å². The Morgan fingerprint density at radius 3 is 2.76 bits per heavy atom. The monoisotopic (exact) mass is 287 g/mol. The molecule has 0 saturated carbocycles. The highest BCUT2D eigenvalue weighted by atomic mass is 19.1. The number of aryl methyl sites for hydroxylation is 1. The van der Waals surface area contributed by atoms with Crippen molar-refractivity contribution in [1.29, 1.82) is 0 Å². The Morgan fingerprint density at radius 2 is 2.10 bits per heavy atom. The molecule has 1 amide bonds. The fraction of sp³-hybridized carbons (Fsp3) is 0.375. The third-order valence-corrected chi connectivity index (χ3v) is 3.95. The second-order valence-corrected chi connectivity index (χ2v) is 5.26. The minimum atomic E-state index is -0.253. The number of rotatable bonds is 3. The van der Waals surface area contributed by atoms with E-state index < -0.39 is 0 Å². The van der Waals surface area contributed by atoms with Crippen LogP contribution < -0.4 is 0 Å². The molecular formula is C16H18FN3O. The van der Waals surface area contributed by atoms with Gasteiger partial charge in [0.2, 0.25) is 0 Å². The van der Waals surface area contributed by atoms with E-state index in [2.05, 4.69) is 5.10 Å². The third-order valence-electron chi connectivity index (χ3n) is 3.95. The zero-order valence-electron chi connectivity index (χ0n) is 12.0. The zero-order valence-corrected chi connectivity index (χ0v) is 12.0. The van der Waals surface area contributed by atoms with E-state index in [4.69, 9.17) is 0 Å². The Bertz CT molecular complexity index is 635. The number of nitrogens with zero attached hydrogens (tertiary/aromatic N) is 3. The number of carbonyl (C=O) groups is 1. The first-order valence-electron chi connectivity index (χ1n) is 7.29. The molecule has 110 valence electrons. The van der Waals surface area contributed by atoms with Gasteiger partial charge in [0.25, 0.3) is 5.91 Å². The molecule has 0 radical (unpaired) electrons. The number of aromatic nitrogens is 2. The van der Waals surface area contributed by atoms with E-state index in [0.717, 1.165) is 31.5 Å². The van der Waals surface area contributed by atoms with Crippen molar-refractivity contribution in [3.63, 3.8) is 0 Å². The summed E-state index contributed by atoms with van der Waals surface area (Å²) in [6.07, 6.45) is 3.68. The highest BCUT2D eigenvalue weighted by Crippen LogP contribution is 2.32. The summed E-state index contributed by atoms with van der Waals surface area (Å²) in [5.41, 5.74) is 1.46. The summed E-state index contributed by atoms with van der Waals surface area (Å²) < 4.78 is 14.8. The summed E-state index contributed by atoms with van der Waals surface area (Å²) in [4.78, 5) is 14.4. The van der Waals surface area contributed by atoms with E-state index >= 15 is 0 Å². The van der Waals surface area contributed by atoms with E-state index in [1.165, 1.54) is 12.1 Å². The first kappa shape index (κ1) is 13.8. The van der Waals surface area contributed by atoms with Gasteiger partial charge in [-0.05, 0) is 43.5 Å². The van der Waals surface area contributed by atoms with Crippen molar-refractivity contribution in [3.8, 4) is 0 Å². The van der Waals surface area contributed by atoms with E-state index in [9.17, 15) is 9.18 Å². The second kappa shape index (κ2) is 5.68. The maximum absolute atomic E-state index is 13.0. The summed E-state index contributed by atoms with van der Waals surface area (Å²) in [5, 5.41) is 4.28. The van der Waals surface area contributed by atoms with Crippen LogP contribution in [0.5, 0.6) is 0 Å². The van der Waals surface area contributed by atoms with Crippen molar-refractivity contribution in [2.24, 2.45) is 0 Å². The van der Waals surface area contributed by atoms with Crippen LogP contribution in [0.4, 0.5) is 4.39 Å². The van der Waals surface area contributed by atoms with Gasteiger partial charge in [-0.1, -0.05) is 12.1 Å². The second-order valence-electron chi connectivity index (χ2n) is 5.26. The van der Waals surface area contributed by atoms with Crippen molar-refractivity contribution < 1.29 is 9.18 Å². The molecule has 0 bridgehead atoms. The van der Waals surface area contributed by atoms with Gasteiger partial charge in [0.15, 0.2) is 0 Å². The van der Waals surface area contributed by atoms with Crippen molar-refractivity contribution in [3.05, 3.63) is 53.6 Å². The molecule has 1 aromatic carbocycles. The summed E-state index contributed by atoms with van der Waals surface area (Å²) >= 11 is 0. The van der Waals surface area contributed by atoms with E-state index in [1.807, 2.05) is 18.0 Å². The zero-order chi connectivity index (χ0) is 14.8. The van der Waals surface area contributed by atoms with Gasteiger partial charge in [-0.15, -0.1) is 0 Å². The van der Waals surface area contributed by atoms with Crippen molar-refractivity contribution in [2.75, 3.05) is 6.54 Å². The Hall–Kier alpha value is -2.17. The minimum absolute atomic E-state index is 0.0184. The van der Waals surface area contributed by atoms with Gasteiger partial charge in [0.05, 0.1) is 6.04 Å². The van der Waals surface area contributed by atoms with E-state index in [-0.39, 0.29) is 17.8 Å². The Morgan fingerprint density at radius 1 is 1.33 bits per heavy atom. The Balaban J connectivity index is 1.83. The normalized spacial score (nSPS) is 18.2. The number of carbonyl (C=O) groups excluding carboxylic acids is 1. The fourth-order valence-corrected chi connectivity index (χ4v) is 2.84. The van der Waals surface area contributed by atoms with Crippen LogP contribution >= 0.6 is 0 Å². The summed E-state index contributed by atoms with van der Waals surface area (Å²) in [6.45, 7) is 3.45. The first-order chi connectivity index (χ1) is 10.2. The molecule has 1 aliphatic rings. The SMILES string of the molecule is CCn1ccc(C(=O)N2CCC[C@@H]2c2ccc(F)cc2)n1. The Kier molecular flexibility index (Phi) is 3.73. The summed E-state index contributed by atoms with van der Waals surface area (Å²) in [7, 11) is 0. The lowest BCUT2D eigenvalue weighted by Crippen LogP contribution is -2.31. The van der Waals surface area contributed by atoms with Crippen LogP contribution in [0.15, 0.2) is 36.5 Å². The number of hydrogen-bond acceptors (Lipinski definition) is 2. The van der Waals surface area contributed by atoms with Crippen LogP contribution in [0.1, 0.15) is 41.9 Å². The van der Waals surface area contributed by atoms with Crippen LogP contribution in [0.2, 0.25) is 0 Å². The maximum Gasteiger partial charge on any atom is 0.274 e. The molecule has 21 heavy (non-hydrogen) atoms. The molecule has 2 heterocycles. The molecule has 0 N–H and O–H groups in total. The van der Waals surface area contributed by atoms with Crippen molar-refractivity contribution in [1.82, 2.24) is 14.7 Å². The van der Waals surface area contributed by atoms with Crippen LogP contribution in [0, 0.1) is 5.82 Å². The molecule has 1 saturated heterocycles. The van der Waals surface area contributed by atoms with Gasteiger partial charge >= 0.3 is 0 Å². The van der Waals surface area contributed by atoms with Gasteiger partial charge in [-0.2, -0.15) is 5.10 Å². The van der Waals surface area contributed by atoms with Crippen LogP contribution in [0.25, 0.3) is 0 Å². The highest BCUT2D eigenvalue weighted by Gasteiger charge is 2.31. The number of benzene rings is 1.